The van der Waals surface area contributed by atoms with Gasteiger partial charge < -0.3 is 19.5 Å². The molecule has 2 aliphatic heterocycles. The fourth-order valence-corrected chi connectivity index (χ4v) is 6.40. The van der Waals surface area contributed by atoms with Gasteiger partial charge in [0.2, 0.25) is 0 Å². The van der Waals surface area contributed by atoms with Crippen LogP contribution in [-0.4, -0.2) is 64.0 Å². The Morgan fingerprint density at radius 2 is 2.09 bits per heavy atom. The van der Waals surface area contributed by atoms with Gasteiger partial charge in [-0.3, -0.25) is 15.1 Å². The Morgan fingerprint density at radius 3 is 2.69 bits per heavy atom. The molecule has 2 aromatic rings. The summed E-state index contributed by atoms with van der Waals surface area (Å²) in [6.07, 6.45) is 3.21. The molecule has 2 fully saturated rings. The summed E-state index contributed by atoms with van der Waals surface area (Å²) >= 11 is 1.11. The van der Waals surface area contributed by atoms with Crippen LogP contribution in [0.15, 0.2) is 41.5 Å². The summed E-state index contributed by atoms with van der Waals surface area (Å²) < 4.78 is 29.5. The standard InChI is InChI=1S/C18H16N4O7S2.Na/c1-18(9-29-17(26)21-16-20-6-7-30-16)12(15(24)25)22-13(23)11(14(22)31(18,27)28)8-10-4-2-3-5-19-10;/h2-8,12,14H,9H2,1H3,(H,24,25)(H,20,21,26);/q;+1/p-1/b11-8-;/t12-,14+,18-;/m0./s1. The number of pyridine rings is 1. The number of nitrogens with one attached hydrogen (secondary N) is 1. The minimum Gasteiger partial charge on any atom is -0.548 e. The number of carbonyl (C=O) groups is 3. The number of carboxylic acids is 1. The van der Waals surface area contributed by atoms with Crippen LogP contribution in [-0.2, 0) is 24.2 Å². The number of hydrogen-bond donors (Lipinski definition) is 1. The van der Waals surface area contributed by atoms with E-state index in [2.05, 4.69) is 15.3 Å². The van der Waals surface area contributed by atoms with E-state index in [0.29, 0.717) is 5.69 Å². The van der Waals surface area contributed by atoms with E-state index in [1.807, 2.05) is 0 Å². The summed E-state index contributed by atoms with van der Waals surface area (Å²) in [6, 6.07) is 3.06. The molecule has 0 aromatic carbocycles. The smallest absolute Gasteiger partial charge is 0.548 e. The zero-order chi connectivity index (χ0) is 22.4. The molecule has 2 saturated heterocycles. The average Bonchev–Trinajstić information content (AvgIpc) is 3.28. The Bertz CT molecular complexity index is 1190. The van der Waals surface area contributed by atoms with Crippen molar-refractivity contribution in [2.45, 2.75) is 23.1 Å². The summed E-state index contributed by atoms with van der Waals surface area (Å²) in [5.74, 6) is -2.52. The van der Waals surface area contributed by atoms with Crippen molar-refractivity contribution >= 4 is 50.4 Å². The molecule has 0 unspecified atom stereocenters. The number of aromatic nitrogens is 2. The van der Waals surface area contributed by atoms with E-state index in [-0.39, 0.29) is 40.3 Å². The molecule has 3 atom stereocenters. The van der Waals surface area contributed by atoms with E-state index < -0.39 is 50.6 Å². The second-order valence-corrected chi connectivity index (χ2v) is 10.4. The van der Waals surface area contributed by atoms with Crippen molar-refractivity contribution < 1.29 is 62.2 Å². The molecule has 2 aromatic heterocycles. The van der Waals surface area contributed by atoms with Gasteiger partial charge in [-0.2, -0.15) is 0 Å². The predicted molar refractivity (Wildman–Crippen MR) is 106 cm³/mol. The summed E-state index contributed by atoms with van der Waals surface area (Å²) in [5, 5.41) is 14.5. The van der Waals surface area contributed by atoms with E-state index in [1.54, 1.807) is 23.6 Å². The van der Waals surface area contributed by atoms with Crippen LogP contribution < -0.4 is 40.0 Å². The summed E-state index contributed by atoms with van der Waals surface area (Å²) in [6.45, 7) is 0.311. The van der Waals surface area contributed by atoms with Gasteiger partial charge >= 0.3 is 35.7 Å². The van der Waals surface area contributed by atoms with Gasteiger partial charge in [-0.25, -0.2) is 18.2 Å². The number of hydrogen-bond acceptors (Lipinski definition) is 10. The maximum atomic E-state index is 13.3. The SMILES string of the molecule is C[C@]1(COC(=O)Nc2nccs2)[C@H](C(=O)[O-])N2C(=O)/C(=C/c3ccccn3)[C@H]2S1(=O)=O.[Na+]. The zero-order valence-electron chi connectivity index (χ0n) is 16.9. The van der Waals surface area contributed by atoms with Crippen molar-refractivity contribution in [3.05, 3.63) is 47.2 Å². The Morgan fingerprint density at radius 1 is 1.34 bits per heavy atom. The third-order valence-electron chi connectivity index (χ3n) is 5.15. The van der Waals surface area contributed by atoms with Gasteiger partial charge in [0, 0.05) is 17.8 Å². The molecule has 0 bridgehead atoms. The van der Waals surface area contributed by atoms with Gasteiger partial charge in [-0.1, -0.05) is 6.07 Å². The molecule has 0 spiro atoms. The maximum absolute atomic E-state index is 13.3. The normalized spacial score (nSPS) is 26.6. The largest absolute Gasteiger partial charge is 1.00 e. The van der Waals surface area contributed by atoms with Crippen molar-refractivity contribution in [2.24, 2.45) is 0 Å². The molecule has 0 radical (unpaired) electrons. The third kappa shape index (κ3) is 3.83. The summed E-state index contributed by atoms with van der Waals surface area (Å²) in [7, 11) is -4.31. The molecule has 162 valence electrons. The number of aliphatic carboxylic acids is 1. The minimum absolute atomic E-state index is 0. The molecule has 4 heterocycles. The van der Waals surface area contributed by atoms with E-state index in [0.717, 1.165) is 23.2 Å². The molecular weight excluding hydrogens is 471 g/mol. The van der Waals surface area contributed by atoms with Crippen molar-refractivity contribution in [2.75, 3.05) is 11.9 Å². The number of β-lactam (4-membered cyclic amide) rings is 1. The van der Waals surface area contributed by atoms with Gasteiger partial charge in [-0.05, 0) is 25.1 Å². The Balaban J connectivity index is 0.00000289. The van der Waals surface area contributed by atoms with Crippen molar-refractivity contribution in [3.8, 4) is 0 Å². The topological polar surface area (TPSA) is 159 Å². The van der Waals surface area contributed by atoms with Crippen LogP contribution in [0.2, 0.25) is 0 Å². The molecule has 2 aliphatic rings. The molecule has 1 N–H and O–H groups in total. The summed E-state index contributed by atoms with van der Waals surface area (Å²) in [5.41, 5.74) is 0.235. The number of amides is 2. The van der Waals surface area contributed by atoms with Gasteiger partial charge in [0.05, 0.1) is 23.3 Å². The first-order chi connectivity index (χ1) is 14.7. The van der Waals surface area contributed by atoms with Gasteiger partial charge in [0.15, 0.2) is 20.3 Å². The van der Waals surface area contributed by atoms with E-state index >= 15 is 0 Å². The van der Waals surface area contributed by atoms with E-state index in [9.17, 15) is 27.9 Å². The quantitative estimate of drug-likeness (QED) is 0.259. The van der Waals surface area contributed by atoms with Crippen molar-refractivity contribution in [1.82, 2.24) is 14.9 Å². The predicted octanol–water partition coefficient (Wildman–Crippen LogP) is -3.35. The number of thiazole rings is 1. The van der Waals surface area contributed by atoms with Crippen molar-refractivity contribution in [3.63, 3.8) is 0 Å². The fourth-order valence-electron chi connectivity index (χ4n) is 3.61. The Kier molecular flexibility index (Phi) is 6.77. The fraction of sp³-hybridized carbons (Fsp3) is 0.278. The van der Waals surface area contributed by atoms with Crippen molar-refractivity contribution in [1.29, 1.82) is 0 Å². The van der Waals surface area contributed by atoms with Crippen LogP contribution in [0.4, 0.5) is 9.93 Å². The molecule has 4 rings (SSSR count). The van der Waals surface area contributed by atoms with Gasteiger partial charge in [0.1, 0.15) is 11.4 Å². The monoisotopic (exact) mass is 486 g/mol. The first-order valence-electron chi connectivity index (χ1n) is 8.89. The maximum Gasteiger partial charge on any atom is 1.00 e. The van der Waals surface area contributed by atoms with Crippen LogP contribution in [0, 0.1) is 0 Å². The Hall–Kier alpha value is -2.32. The number of carbonyl (C=O) groups excluding carboxylic acids is 3. The summed E-state index contributed by atoms with van der Waals surface area (Å²) in [4.78, 5) is 45.1. The number of nitrogens with zero attached hydrogens (tertiary/aromatic N) is 3. The minimum atomic E-state index is -4.31. The molecular formula is C18H15N4NaO7S2. The molecule has 0 saturated carbocycles. The average molecular weight is 486 g/mol. The second kappa shape index (κ2) is 8.90. The van der Waals surface area contributed by atoms with Gasteiger partial charge in [-0.15, -0.1) is 11.3 Å². The number of anilines is 1. The first kappa shape index (κ1) is 24.3. The molecule has 14 heteroatoms. The van der Waals surface area contributed by atoms with Crippen LogP contribution in [0.3, 0.4) is 0 Å². The first-order valence-corrected chi connectivity index (χ1v) is 11.3. The Labute approximate surface area is 208 Å². The van der Waals surface area contributed by atoms with Crippen LogP contribution >= 0.6 is 11.3 Å². The zero-order valence-corrected chi connectivity index (χ0v) is 20.6. The van der Waals surface area contributed by atoms with Gasteiger partial charge in [0.25, 0.3) is 5.91 Å². The molecule has 2 amide bonds. The van der Waals surface area contributed by atoms with E-state index in [4.69, 9.17) is 4.74 Å². The molecule has 0 aliphatic carbocycles. The number of rotatable bonds is 5. The third-order valence-corrected chi connectivity index (χ3v) is 8.54. The second-order valence-electron chi connectivity index (χ2n) is 7.04. The van der Waals surface area contributed by atoms with Crippen LogP contribution in [0.1, 0.15) is 12.6 Å². The number of ether oxygens (including phenoxy) is 1. The molecule has 11 nitrogen and oxygen atoms in total. The molecule has 32 heavy (non-hydrogen) atoms. The van der Waals surface area contributed by atoms with E-state index in [1.165, 1.54) is 18.5 Å². The number of sulfone groups is 1. The number of fused-ring (bicyclic) bond motifs is 1. The van der Waals surface area contributed by atoms with Crippen LogP contribution in [0.5, 0.6) is 0 Å². The number of carboxylic acid groups (broad SMARTS) is 1. The van der Waals surface area contributed by atoms with Crippen LogP contribution in [0.25, 0.3) is 6.08 Å².